The van der Waals surface area contributed by atoms with Crippen molar-refractivity contribution in [3.05, 3.63) is 75.3 Å². The van der Waals surface area contributed by atoms with Crippen LogP contribution in [0.3, 0.4) is 0 Å². The van der Waals surface area contributed by atoms with Crippen LogP contribution in [0.25, 0.3) is 27.3 Å². The Morgan fingerprint density at radius 2 is 1.07 bits per heavy atom. The van der Waals surface area contributed by atoms with Gasteiger partial charge in [0.25, 0.3) is 0 Å². The molecule has 6 heterocycles. The third-order valence-corrected chi connectivity index (χ3v) is 10.8. The van der Waals surface area contributed by atoms with Gasteiger partial charge in [-0.3, -0.25) is 4.57 Å². The number of thiophene rings is 1. The van der Waals surface area contributed by atoms with Gasteiger partial charge in [-0.05, 0) is 64.6 Å². The van der Waals surface area contributed by atoms with Crippen molar-refractivity contribution in [2.45, 2.75) is 90.5 Å². The van der Waals surface area contributed by atoms with Crippen LogP contribution in [0.5, 0.6) is 34.5 Å². The fourth-order valence-electron chi connectivity index (χ4n) is 7.06. The first kappa shape index (κ1) is 42.2. The van der Waals surface area contributed by atoms with Crippen LogP contribution in [0, 0.1) is 0 Å². The van der Waals surface area contributed by atoms with Gasteiger partial charge < -0.3 is 43.2 Å². The molecular weight excluding hydrogens is 773 g/mol. The van der Waals surface area contributed by atoms with Gasteiger partial charge in [0.1, 0.15) is 34.4 Å². The topological polar surface area (TPSA) is 140 Å². The molecule has 0 amide bonds. The van der Waals surface area contributed by atoms with Crippen molar-refractivity contribution in [2.75, 3.05) is 39.6 Å². The van der Waals surface area contributed by atoms with Gasteiger partial charge in [-0.25, -0.2) is 9.59 Å². The number of fused-ring (bicyclic) bond motifs is 3. The number of carboxylic acids is 2. The van der Waals surface area contributed by atoms with E-state index in [9.17, 15) is 19.8 Å². The number of hydrogen-bond acceptors (Lipinski definition) is 9. The van der Waals surface area contributed by atoms with Crippen molar-refractivity contribution in [1.82, 2.24) is 9.13 Å². The summed E-state index contributed by atoms with van der Waals surface area (Å²) >= 11 is 1.25. The summed E-state index contributed by atoms with van der Waals surface area (Å²) in [4.78, 5) is 27.0. The molecule has 0 atom stereocenters. The van der Waals surface area contributed by atoms with E-state index in [1.54, 1.807) is 4.57 Å². The minimum Gasteiger partial charge on any atom is -0.487 e. The molecule has 0 unspecified atom stereocenters. The number of ether oxygens (including phenoxy) is 6. The average Bonchev–Trinajstić information content (AvgIpc) is 3.67. The fourth-order valence-corrected chi connectivity index (χ4v) is 8.34. The van der Waals surface area contributed by atoms with Gasteiger partial charge in [0, 0.05) is 36.5 Å². The first-order valence-electron chi connectivity index (χ1n) is 20.0. The Morgan fingerprint density at radius 3 is 1.63 bits per heavy atom. The summed E-state index contributed by atoms with van der Waals surface area (Å²) in [7, 11) is 0. The zero-order chi connectivity index (χ0) is 41.4. The van der Waals surface area contributed by atoms with E-state index in [1.807, 2.05) is 0 Å². The first-order chi connectivity index (χ1) is 29.0. The summed E-state index contributed by atoms with van der Waals surface area (Å²) in [6.07, 6.45) is 13.8. The summed E-state index contributed by atoms with van der Waals surface area (Å²) in [5.74, 6) is -0.949. The Balaban J connectivity index is -0.000000683. The lowest BCUT2D eigenvalue weighted by molar-refractivity contribution is 0.0671. The second kappa shape index (κ2) is 21.3. The number of aromatic nitrogens is 2. The Morgan fingerprint density at radius 1 is 0.610 bits per heavy atom. The smallest absolute Gasteiger partial charge is 0.356 e. The van der Waals surface area contributed by atoms with Crippen molar-refractivity contribution in [3.63, 3.8) is 0 Å². The van der Waals surface area contributed by atoms with Gasteiger partial charge in [-0.15, -0.1) is 11.3 Å². The molecule has 6 rings (SSSR count). The molecule has 330 valence electrons. The molecule has 0 aromatic carbocycles. The molecule has 0 spiro atoms. The third-order valence-electron chi connectivity index (χ3n) is 9.62. The maximum absolute atomic E-state index is 13.0. The first-order valence-corrected chi connectivity index (χ1v) is 20.9. The van der Waals surface area contributed by atoms with E-state index in [-0.39, 0.29) is 72.2 Å². The van der Waals surface area contributed by atoms with Gasteiger partial charge >= 0.3 is 11.9 Å². The Labute approximate surface area is 364 Å². The second-order valence-corrected chi connectivity index (χ2v) is 14.7. The van der Waals surface area contributed by atoms with Gasteiger partial charge in [-0.2, -0.15) is 0 Å². The predicted molar refractivity (Wildman–Crippen MR) is 246 cm³/mol. The van der Waals surface area contributed by atoms with Crippen LogP contribution in [-0.4, -0.2) is 70.9 Å². The molecule has 0 radical (unpaired) electrons. The van der Waals surface area contributed by atoms with Gasteiger partial charge in [0.15, 0.2) is 45.9 Å². The highest BCUT2D eigenvalue weighted by molar-refractivity contribution is 7.19. The minimum absolute atomic E-state index is 0. The van der Waals surface area contributed by atoms with Crippen LogP contribution in [0.1, 0.15) is 122 Å². The van der Waals surface area contributed by atoms with E-state index in [0.717, 1.165) is 25.7 Å². The predicted octanol–water partition coefficient (Wildman–Crippen LogP) is 12.7. The number of hydrogen-bond donors (Lipinski definition) is 2. The van der Waals surface area contributed by atoms with Crippen LogP contribution in [0.15, 0.2) is 63.9 Å². The highest BCUT2D eigenvalue weighted by Gasteiger charge is 2.40. The molecule has 0 aliphatic carbocycles. The van der Waals surface area contributed by atoms with Crippen LogP contribution in [0.4, 0.5) is 0 Å². The minimum atomic E-state index is -1.27. The Kier molecular flexibility index (Phi) is 15.2. The summed E-state index contributed by atoms with van der Waals surface area (Å²) < 4.78 is 40.5. The molecule has 0 saturated carbocycles. The maximum Gasteiger partial charge on any atom is 0.356 e. The van der Waals surface area contributed by atoms with Crippen molar-refractivity contribution in [1.29, 1.82) is 0 Å². The molecule has 13 heteroatoms. The number of nitrogens with zero attached hydrogens (tertiary/aromatic N) is 2. The van der Waals surface area contributed by atoms with Crippen LogP contribution >= 0.6 is 11.3 Å². The molecule has 0 saturated heterocycles. The van der Waals surface area contributed by atoms with Gasteiger partial charge in [0.05, 0.1) is 32.6 Å². The quantitative estimate of drug-likeness (QED) is 0.106. The molecule has 3 aliphatic rings. The van der Waals surface area contributed by atoms with Crippen molar-refractivity contribution >= 4 is 29.5 Å². The summed E-state index contributed by atoms with van der Waals surface area (Å²) in [5, 5.41) is 21.2. The summed E-state index contributed by atoms with van der Waals surface area (Å²) in [6.45, 7) is 7.56. The standard InChI is InChI=1S/C46H46N2O10S.12H2/c1-3-5-7-9-11-13-15-17-19-21-25-47-33(37-39(35(47)45(49)50)55-29-23-27-53-37)43-41-42(58-32-31-57-41)44(59-43)34-38-40(56-30-24-28-54-38)36(46(51)52)48(34)26-22-20-18-16-14-12-10-8-6-4-2;;;;;;;;;;;;/h25H,1,4,6,8,10,12,14,16,18,20,22-24,26-32H2,2H3,(H,49,50)(H,51,52);12*1H. The monoisotopic (exact) mass is 842 g/mol. The average molecular weight is 843 g/mol. The number of aromatic carboxylic acids is 2. The van der Waals surface area contributed by atoms with E-state index in [4.69, 9.17) is 28.4 Å². The van der Waals surface area contributed by atoms with Gasteiger partial charge in [0.2, 0.25) is 0 Å². The molecule has 3 aliphatic heterocycles. The number of rotatable bonds is 16. The Bertz CT molecular complexity index is 2500. The zero-order valence-electron chi connectivity index (χ0n) is 33.2. The lowest BCUT2D eigenvalue weighted by atomic mass is 10.1. The third kappa shape index (κ3) is 9.99. The summed E-state index contributed by atoms with van der Waals surface area (Å²) in [6, 6.07) is 0. The van der Waals surface area contributed by atoms with Crippen molar-refractivity contribution in [2.24, 2.45) is 0 Å². The second-order valence-electron chi connectivity index (χ2n) is 13.7. The molecule has 0 bridgehead atoms. The maximum atomic E-state index is 13.0. The Hall–Kier alpha value is -6.46. The fraction of sp³-hybridized carbons (Fsp3) is 0.435. The SMILES string of the molecule is C=C=C=C=C=C=C=C=C=C=C=Cn1c(C(=O)O)c2c(c1-c1sc(-c3c4c(c(C(=O)O)n3CCCCCCCCCCCC)OCCCO4)c3c1OCCO3)OCCCO2.[HH].[HH].[HH].[HH].[HH].[HH].[HH].[HH].[HH].[HH].[HH].[HH]. The largest absolute Gasteiger partial charge is 0.487 e. The van der Waals surface area contributed by atoms with E-state index in [1.165, 1.54) is 60.6 Å². The molecular formula is C46H70N2O10S. The molecule has 12 nitrogen and oxygen atoms in total. The van der Waals surface area contributed by atoms with Crippen molar-refractivity contribution in [3.8, 4) is 55.6 Å². The molecule has 3 aromatic rings. The summed E-state index contributed by atoms with van der Waals surface area (Å²) in [5.41, 5.74) is 26.3. The van der Waals surface area contributed by atoms with Crippen molar-refractivity contribution < 1.29 is 65.3 Å². The molecule has 0 fully saturated rings. The zero-order valence-corrected chi connectivity index (χ0v) is 34.0. The van der Waals surface area contributed by atoms with E-state index in [0.29, 0.717) is 71.0 Å². The van der Waals surface area contributed by atoms with E-state index < -0.39 is 11.9 Å². The van der Waals surface area contributed by atoms with Crippen LogP contribution in [-0.2, 0) is 6.54 Å². The van der Waals surface area contributed by atoms with E-state index in [2.05, 4.69) is 70.8 Å². The molecule has 59 heavy (non-hydrogen) atoms. The molecule has 2 N–H and O–H groups in total. The van der Waals surface area contributed by atoms with E-state index >= 15 is 0 Å². The lowest BCUT2D eigenvalue weighted by Crippen LogP contribution is -2.16. The molecule has 3 aromatic heterocycles. The number of carbonyl (C=O) groups is 2. The highest BCUT2D eigenvalue weighted by atomic mass is 32.1. The van der Waals surface area contributed by atoms with Gasteiger partial charge in [-0.1, -0.05) is 70.4 Å². The normalized spacial score (nSPS) is 13.2. The number of unbranched alkanes of at least 4 members (excludes halogenated alkanes) is 9. The lowest BCUT2D eigenvalue weighted by Gasteiger charge is -2.19. The number of carboxylic acid groups (broad SMARTS) is 2. The van der Waals surface area contributed by atoms with Crippen LogP contribution in [0.2, 0.25) is 0 Å². The highest BCUT2D eigenvalue weighted by Crippen LogP contribution is 2.60. The van der Waals surface area contributed by atoms with Crippen LogP contribution < -0.4 is 28.4 Å².